The molecule has 0 atom stereocenters. The lowest BCUT2D eigenvalue weighted by Gasteiger charge is -2.31. The minimum Gasteiger partial charge on any atom is -0.381 e. The highest BCUT2D eigenvalue weighted by atomic mass is 16.6. The van der Waals surface area contributed by atoms with Gasteiger partial charge in [-0.2, -0.15) is 0 Å². The average Bonchev–Trinajstić information content (AvgIpc) is 2.72. The fourth-order valence-corrected chi connectivity index (χ4v) is 3.85. The molecule has 0 saturated carbocycles. The molecule has 1 aliphatic rings. The van der Waals surface area contributed by atoms with Gasteiger partial charge in [0, 0.05) is 31.4 Å². The summed E-state index contributed by atoms with van der Waals surface area (Å²) in [6.07, 6.45) is 2.17. The predicted molar refractivity (Wildman–Crippen MR) is 115 cm³/mol. The molecule has 0 aliphatic carbocycles. The van der Waals surface area contributed by atoms with Gasteiger partial charge in [-0.05, 0) is 53.3 Å². The maximum absolute atomic E-state index is 11.7. The Bertz CT molecular complexity index is 994. The lowest BCUT2D eigenvalue weighted by Crippen LogP contribution is -2.33. The molecule has 144 valence electrons. The van der Waals surface area contributed by atoms with Crippen molar-refractivity contribution in [2.45, 2.75) is 26.3 Å². The molecular formula is C23H25N3O2. The van der Waals surface area contributed by atoms with Crippen LogP contribution in [0.4, 0.5) is 17.1 Å². The summed E-state index contributed by atoms with van der Waals surface area (Å²) >= 11 is 0. The number of rotatable bonds is 5. The van der Waals surface area contributed by atoms with E-state index in [-0.39, 0.29) is 10.6 Å². The molecule has 0 bridgehead atoms. The van der Waals surface area contributed by atoms with Gasteiger partial charge < -0.3 is 10.2 Å². The zero-order valence-electron chi connectivity index (χ0n) is 16.1. The first-order valence-electron chi connectivity index (χ1n) is 9.85. The topological polar surface area (TPSA) is 58.4 Å². The van der Waals surface area contributed by atoms with Gasteiger partial charge in [0.1, 0.15) is 5.69 Å². The number of nitrogens with one attached hydrogen (secondary N) is 1. The second kappa shape index (κ2) is 7.89. The van der Waals surface area contributed by atoms with E-state index in [2.05, 4.69) is 41.4 Å². The Morgan fingerprint density at radius 2 is 1.79 bits per heavy atom. The molecule has 5 heteroatoms. The van der Waals surface area contributed by atoms with E-state index in [1.807, 2.05) is 30.3 Å². The fourth-order valence-electron chi connectivity index (χ4n) is 3.85. The van der Waals surface area contributed by atoms with Crippen LogP contribution in [0, 0.1) is 16.0 Å². The van der Waals surface area contributed by atoms with E-state index >= 15 is 0 Å². The first-order chi connectivity index (χ1) is 13.6. The zero-order chi connectivity index (χ0) is 19.5. The maximum atomic E-state index is 11.7. The van der Waals surface area contributed by atoms with Gasteiger partial charge in [-0.1, -0.05) is 43.3 Å². The van der Waals surface area contributed by atoms with Crippen LogP contribution in [0.25, 0.3) is 10.8 Å². The van der Waals surface area contributed by atoms with Crippen molar-refractivity contribution in [3.63, 3.8) is 0 Å². The number of hydrogen-bond acceptors (Lipinski definition) is 4. The number of piperidine rings is 1. The number of nitrogens with zero attached hydrogens (tertiary/aromatic N) is 2. The van der Waals surface area contributed by atoms with Gasteiger partial charge in [0.2, 0.25) is 0 Å². The molecule has 0 aromatic heterocycles. The van der Waals surface area contributed by atoms with Gasteiger partial charge in [0.05, 0.1) is 4.92 Å². The van der Waals surface area contributed by atoms with Crippen molar-refractivity contribution in [1.29, 1.82) is 0 Å². The van der Waals surface area contributed by atoms with Crippen LogP contribution in [0.1, 0.15) is 25.3 Å². The Hall–Kier alpha value is -3.08. The normalized spacial score (nSPS) is 15.0. The molecule has 0 amide bonds. The highest BCUT2D eigenvalue weighted by Gasteiger charge is 2.23. The summed E-state index contributed by atoms with van der Waals surface area (Å²) in [4.78, 5) is 13.6. The van der Waals surface area contributed by atoms with Crippen molar-refractivity contribution < 1.29 is 4.92 Å². The largest absolute Gasteiger partial charge is 0.381 e. The average molecular weight is 375 g/mol. The van der Waals surface area contributed by atoms with Crippen molar-refractivity contribution in [2.24, 2.45) is 5.92 Å². The zero-order valence-corrected chi connectivity index (χ0v) is 16.1. The third kappa shape index (κ3) is 3.93. The first-order valence-corrected chi connectivity index (χ1v) is 9.85. The second-order valence-electron chi connectivity index (χ2n) is 7.67. The number of fused-ring (bicyclic) bond motifs is 1. The number of hydrogen-bond donors (Lipinski definition) is 1. The summed E-state index contributed by atoms with van der Waals surface area (Å²) in [5, 5.41) is 17.4. The summed E-state index contributed by atoms with van der Waals surface area (Å²) in [5.74, 6) is 0.695. The standard InChI is InChI=1S/C23H25N3O2/c1-17-10-12-25(13-11-17)22-9-6-18(14-23(22)26(27)28)16-24-21-8-7-19-4-2-3-5-20(19)15-21/h2-9,14-15,17,24H,10-13,16H2,1H3. The third-order valence-corrected chi connectivity index (χ3v) is 5.61. The maximum Gasteiger partial charge on any atom is 0.292 e. The van der Waals surface area contributed by atoms with Crippen molar-refractivity contribution in [3.05, 3.63) is 76.3 Å². The second-order valence-corrected chi connectivity index (χ2v) is 7.67. The molecule has 1 saturated heterocycles. The van der Waals surface area contributed by atoms with Crippen molar-refractivity contribution in [2.75, 3.05) is 23.3 Å². The smallest absolute Gasteiger partial charge is 0.292 e. The monoisotopic (exact) mass is 375 g/mol. The van der Waals surface area contributed by atoms with Crippen LogP contribution >= 0.6 is 0 Å². The Morgan fingerprint density at radius 3 is 2.54 bits per heavy atom. The molecule has 1 N–H and O–H groups in total. The van der Waals surface area contributed by atoms with Crippen LogP contribution in [0.15, 0.2) is 60.7 Å². The Balaban J connectivity index is 1.51. The molecular weight excluding hydrogens is 350 g/mol. The van der Waals surface area contributed by atoms with Gasteiger partial charge in [-0.25, -0.2) is 0 Å². The molecule has 1 aliphatic heterocycles. The Labute approximate surface area is 165 Å². The minimum absolute atomic E-state index is 0.201. The van der Waals surface area contributed by atoms with Gasteiger partial charge >= 0.3 is 0 Å². The Morgan fingerprint density at radius 1 is 1.04 bits per heavy atom. The molecule has 1 fully saturated rings. The van der Waals surface area contributed by atoms with Gasteiger partial charge in [0.25, 0.3) is 5.69 Å². The summed E-state index contributed by atoms with van der Waals surface area (Å²) in [6.45, 7) is 4.57. The van der Waals surface area contributed by atoms with E-state index in [9.17, 15) is 10.1 Å². The molecule has 3 aromatic rings. The molecule has 0 unspecified atom stereocenters. The van der Waals surface area contributed by atoms with E-state index in [4.69, 9.17) is 0 Å². The summed E-state index contributed by atoms with van der Waals surface area (Å²) < 4.78 is 0. The van der Waals surface area contributed by atoms with E-state index in [0.29, 0.717) is 12.5 Å². The molecule has 5 nitrogen and oxygen atoms in total. The molecule has 0 spiro atoms. The molecule has 4 rings (SSSR count). The molecule has 0 radical (unpaired) electrons. The van der Waals surface area contributed by atoms with E-state index in [0.717, 1.165) is 42.9 Å². The highest BCUT2D eigenvalue weighted by molar-refractivity contribution is 5.85. The van der Waals surface area contributed by atoms with Gasteiger partial charge in [0.15, 0.2) is 0 Å². The van der Waals surface area contributed by atoms with E-state index < -0.39 is 0 Å². The van der Waals surface area contributed by atoms with Crippen LogP contribution < -0.4 is 10.2 Å². The number of nitro groups is 1. The first kappa shape index (κ1) is 18.3. The van der Waals surface area contributed by atoms with Crippen LogP contribution in [0.5, 0.6) is 0 Å². The van der Waals surface area contributed by atoms with Gasteiger partial charge in [-0.3, -0.25) is 10.1 Å². The highest BCUT2D eigenvalue weighted by Crippen LogP contribution is 2.32. The number of anilines is 2. The predicted octanol–water partition coefficient (Wildman–Crippen LogP) is 5.60. The van der Waals surface area contributed by atoms with Crippen LogP contribution in [0.3, 0.4) is 0 Å². The SMILES string of the molecule is CC1CCN(c2ccc(CNc3ccc4ccccc4c3)cc2[N+](=O)[O-])CC1. The van der Waals surface area contributed by atoms with Crippen molar-refractivity contribution >= 4 is 27.8 Å². The van der Waals surface area contributed by atoms with Crippen molar-refractivity contribution in [3.8, 4) is 0 Å². The van der Waals surface area contributed by atoms with E-state index in [1.165, 1.54) is 10.8 Å². The fraction of sp³-hybridized carbons (Fsp3) is 0.304. The lowest BCUT2D eigenvalue weighted by molar-refractivity contribution is -0.384. The van der Waals surface area contributed by atoms with Crippen LogP contribution in [0.2, 0.25) is 0 Å². The summed E-state index contributed by atoms with van der Waals surface area (Å²) in [7, 11) is 0. The van der Waals surface area contributed by atoms with Crippen molar-refractivity contribution in [1.82, 2.24) is 0 Å². The summed E-state index contributed by atoms with van der Waals surface area (Å²) in [6, 6.07) is 20.1. The lowest BCUT2D eigenvalue weighted by atomic mass is 9.98. The van der Waals surface area contributed by atoms with Gasteiger partial charge in [-0.15, -0.1) is 0 Å². The third-order valence-electron chi connectivity index (χ3n) is 5.61. The van der Waals surface area contributed by atoms with E-state index in [1.54, 1.807) is 6.07 Å². The summed E-state index contributed by atoms with van der Waals surface area (Å²) in [5.41, 5.74) is 2.86. The molecule has 3 aromatic carbocycles. The quantitative estimate of drug-likeness (QED) is 0.466. The Kier molecular flexibility index (Phi) is 5.15. The molecule has 1 heterocycles. The number of nitro benzene ring substituents is 1. The molecule has 28 heavy (non-hydrogen) atoms. The van der Waals surface area contributed by atoms with Crippen LogP contribution in [-0.2, 0) is 6.54 Å². The number of benzene rings is 3. The van der Waals surface area contributed by atoms with Crippen LogP contribution in [-0.4, -0.2) is 18.0 Å². The minimum atomic E-state index is -0.257.